The van der Waals surface area contributed by atoms with Crippen molar-refractivity contribution in [2.45, 2.75) is 3.92 Å². The van der Waals surface area contributed by atoms with Gasteiger partial charge >= 0.3 is 11.9 Å². The smallest absolute Gasteiger partial charge is 0.328 e. The van der Waals surface area contributed by atoms with Crippen molar-refractivity contribution < 1.29 is 19.8 Å². The van der Waals surface area contributed by atoms with E-state index in [1.807, 2.05) is 0 Å². The molecule has 0 spiro atoms. The predicted octanol–water partition coefficient (Wildman–Crippen LogP) is -0.0408. The van der Waals surface area contributed by atoms with E-state index in [0.29, 0.717) is 0 Å². The summed E-state index contributed by atoms with van der Waals surface area (Å²) in [5.74, 6) is -2.64. The average Bonchev–Trinajstić information content (AvgIpc) is 1.64. The van der Waals surface area contributed by atoms with Crippen molar-refractivity contribution in [2.75, 3.05) is 0 Å². The predicted molar refractivity (Wildman–Crippen MR) is 33.1 cm³/mol. The van der Waals surface area contributed by atoms with Crippen molar-refractivity contribution in [1.82, 2.24) is 0 Å². The second-order valence-electron chi connectivity index (χ2n) is 1.04. The Bertz CT molecular complexity index is 106. The van der Waals surface area contributed by atoms with Crippen LogP contribution in [0.15, 0.2) is 0 Å². The first-order chi connectivity index (χ1) is 3.55. The van der Waals surface area contributed by atoms with E-state index in [1.165, 1.54) is 22.6 Å². The maximum atomic E-state index is 9.75. The summed E-state index contributed by atoms with van der Waals surface area (Å²) < 4.78 is -1.33. The third-order valence-corrected chi connectivity index (χ3v) is 1.50. The number of halogens is 1. The Morgan fingerprint density at radius 1 is 1.25 bits per heavy atom. The van der Waals surface area contributed by atoms with Gasteiger partial charge in [-0.15, -0.1) is 0 Å². The maximum absolute atomic E-state index is 9.75. The molecule has 2 N–H and O–H groups in total. The molecule has 0 rings (SSSR count). The molecule has 46 valence electrons. The molecule has 0 atom stereocenters. The van der Waals surface area contributed by atoms with E-state index in [1.54, 1.807) is 0 Å². The Morgan fingerprint density at radius 2 is 1.50 bits per heavy atom. The molecule has 0 unspecified atom stereocenters. The quantitative estimate of drug-likeness (QED) is 0.396. The van der Waals surface area contributed by atoms with Crippen LogP contribution < -0.4 is 0 Å². The van der Waals surface area contributed by atoms with Crippen LogP contribution in [-0.4, -0.2) is 26.1 Å². The van der Waals surface area contributed by atoms with Crippen LogP contribution in [0.25, 0.3) is 0 Å². The molecule has 8 heavy (non-hydrogen) atoms. The summed E-state index contributed by atoms with van der Waals surface area (Å²) in [5.41, 5.74) is 0. The van der Waals surface area contributed by atoms with E-state index in [0.717, 1.165) is 0 Å². The lowest BCUT2D eigenvalue weighted by Gasteiger charge is -1.92. The summed E-state index contributed by atoms with van der Waals surface area (Å²) in [5, 5.41) is 15.9. The van der Waals surface area contributed by atoms with E-state index >= 15 is 0 Å². The average molecular weight is 230 g/mol. The number of carbonyl (C=O) groups is 2. The molecule has 0 aromatic heterocycles. The van der Waals surface area contributed by atoms with Gasteiger partial charge in [0.05, 0.1) is 0 Å². The van der Waals surface area contributed by atoms with Gasteiger partial charge in [0.2, 0.25) is 3.92 Å². The van der Waals surface area contributed by atoms with E-state index < -0.39 is 15.9 Å². The number of hydrogen-bond donors (Lipinski definition) is 2. The molecule has 0 radical (unpaired) electrons. The van der Waals surface area contributed by atoms with Gasteiger partial charge in [-0.05, 0) is 0 Å². The Kier molecular flexibility index (Phi) is 2.74. The van der Waals surface area contributed by atoms with Crippen LogP contribution in [0.3, 0.4) is 0 Å². The number of aliphatic carboxylic acids is 2. The summed E-state index contributed by atoms with van der Waals surface area (Å²) in [6, 6.07) is 0. The van der Waals surface area contributed by atoms with Crippen LogP contribution in [-0.2, 0) is 9.59 Å². The summed E-state index contributed by atoms with van der Waals surface area (Å²) >= 11 is 1.32. The Balaban J connectivity index is 3.83. The third kappa shape index (κ3) is 2.10. The molecule has 0 aliphatic carbocycles. The number of carboxylic acid groups (broad SMARTS) is 2. The lowest BCUT2D eigenvalue weighted by Crippen LogP contribution is -2.22. The van der Waals surface area contributed by atoms with Gasteiger partial charge in [0, 0.05) is 0 Å². The largest absolute Gasteiger partial charge is 0.480 e. The van der Waals surface area contributed by atoms with E-state index in [-0.39, 0.29) is 0 Å². The first-order valence-corrected chi connectivity index (χ1v) is 2.90. The number of rotatable bonds is 2. The fourth-order valence-electron chi connectivity index (χ4n) is 0.106. The number of hydrogen-bond acceptors (Lipinski definition) is 2. The zero-order valence-corrected chi connectivity index (χ0v) is 5.82. The van der Waals surface area contributed by atoms with Gasteiger partial charge in [-0.1, -0.05) is 22.6 Å². The van der Waals surface area contributed by atoms with Crippen LogP contribution in [0.5, 0.6) is 0 Å². The molecule has 0 amide bonds. The van der Waals surface area contributed by atoms with Crippen molar-refractivity contribution in [3.05, 3.63) is 0 Å². The zero-order valence-electron chi connectivity index (χ0n) is 3.67. The van der Waals surface area contributed by atoms with E-state index in [9.17, 15) is 9.59 Å². The molecule has 0 aliphatic heterocycles. The Labute approximate surface area is 58.6 Å². The maximum Gasteiger partial charge on any atom is 0.328 e. The summed E-state index contributed by atoms with van der Waals surface area (Å²) in [7, 11) is 0. The van der Waals surface area contributed by atoms with E-state index in [2.05, 4.69) is 0 Å². The monoisotopic (exact) mass is 230 g/mol. The van der Waals surface area contributed by atoms with Gasteiger partial charge < -0.3 is 10.2 Å². The summed E-state index contributed by atoms with van der Waals surface area (Å²) in [6.07, 6.45) is 0. The molecule has 5 heteroatoms. The molecular formula is C3H3IO4. The van der Waals surface area contributed by atoms with Crippen LogP contribution in [0.4, 0.5) is 0 Å². The van der Waals surface area contributed by atoms with Crippen LogP contribution in [0, 0.1) is 0 Å². The summed E-state index contributed by atoms with van der Waals surface area (Å²) in [6.45, 7) is 0. The molecule has 0 heterocycles. The topological polar surface area (TPSA) is 74.6 Å². The lowest BCUT2D eigenvalue weighted by atomic mass is 10.5. The fourth-order valence-corrected chi connectivity index (χ4v) is 0.106. The minimum atomic E-state index is -1.33. The third-order valence-electron chi connectivity index (χ3n) is 0.434. The SMILES string of the molecule is O=C(O)C(I)C(=O)O. The Morgan fingerprint density at radius 3 is 1.50 bits per heavy atom. The normalized spacial score (nSPS) is 9.25. The molecule has 4 nitrogen and oxygen atoms in total. The highest BCUT2D eigenvalue weighted by Gasteiger charge is 2.20. The summed E-state index contributed by atoms with van der Waals surface area (Å²) in [4.78, 5) is 19.5. The van der Waals surface area contributed by atoms with Crippen molar-refractivity contribution in [3.8, 4) is 0 Å². The van der Waals surface area contributed by atoms with Gasteiger partial charge in [-0.2, -0.15) is 0 Å². The standard InChI is InChI=1S/C3H3IO4/c4-1(2(5)6)3(7)8/h1H,(H,5,6)(H,7,8). The van der Waals surface area contributed by atoms with Crippen molar-refractivity contribution in [3.63, 3.8) is 0 Å². The molecule has 0 bridgehead atoms. The lowest BCUT2D eigenvalue weighted by molar-refractivity contribution is -0.145. The van der Waals surface area contributed by atoms with Crippen molar-refractivity contribution >= 4 is 34.5 Å². The van der Waals surface area contributed by atoms with Crippen molar-refractivity contribution in [2.24, 2.45) is 0 Å². The second kappa shape index (κ2) is 2.85. The molecule has 0 aliphatic rings. The van der Waals surface area contributed by atoms with Crippen molar-refractivity contribution in [1.29, 1.82) is 0 Å². The van der Waals surface area contributed by atoms with Crippen LogP contribution >= 0.6 is 22.6 Å². The molecule has 0 aromatic carbocycles. The number of carboxylic acids is 2. The molecule has 0 saturated heterocycles. The highest BCUT2D eigenvalue weighted by atomic mass is 127. The van der Waals surface area contributed by atoms with Gasteiger partial charge in [0.15, 0.2) is 0 Å². The van der Waals surface area contributed by atoms with E-state index in [4.69, 9.17) is 10.2 Å². The first-order valence-electron chi connectivity index (χ1n) is 1.65. The second-order valence-corrected chi connectivity index (χ2v) is 2.28. The molecule has 0 aromatic rings. The highest BCUT2D eigenvalue weighted by molar-refractivity contribution is 14.1. The minimum absolute atomic E-state index is 1.32. The van der Waals surface area contributed by atoms with Crippen LogP contribution in [0.2, 0.25) is 0 Å². The fraction of sp³-hybridized carbons (Fsp3) is 0.333. The first kappa shape index (κ1) is 7.67. The Hall–Kier alpha value is -0.330. The molecule has 0 fully saturated rings. The minimum Gasteiger partial charge on any atom is -0.480 e. The van der Waals surface area contributed by atoms with Gasteiger partial charge in [-0.25, -0.2) is 0 Å². The molecule has 0 saturated carbocycles. The van der Waals surface area contributed by atoms with Crippen LogP contribution in [0.1, 0.15) is 0 Å². The zero-order chi connectivity index (χ0) is 6.73. The number of alkyl halides is 1. The van der Waals surface area contributed by atoms with Gasteiger partial charge in [0.1, 0.15) is 0 Å². The highest BCUT2D eigenvalue weighted by Crippen LogP contribution is 1.98. The van der Waals surface area contributed by atoms with Gasteiger partial charge in [0.25, 0.3) is 0 Å². The van der Waals surface area contributed by atoms with Gasteiger partial charge in [-0.3, -0.25) is 9.59 Å². The molecular weight excluding hydrogens is 227 g/mol.